The molecular weight excluding hydrogens is 430 g/mol. The number of nitrogens with zero attached hydrogens (tertiary/aromatic N) is 2. The predicted molar refractivity (Wildman–Crippen MR) is 117 cm³/mol. The molecule has 0 aliphatic carbocycles. The molecule has 2 aromatic carbocycles. The van der Waals surface area contributed by atoms with Gasteiger partial charge in [-0.25, -0.2) is 0 Å². The molecule has 2 aromatic rings. The van der Waals surface area contributed by atoms with Crippen molar-refractivity contribution in [2.75, 3.05) is 0 Å². The first kappa shape index (κ1) is 20.5. The van der Waals surface area contributed by atoms with Crippen LogP contribution in [0.1, 0.15) is 50.2 Å². The summed E-state index contributed by atoms with van der Waals surface area (Å²) >= 11 is 6.03. The molecule has 0 spiro atoms. The van der Waals surface area contributed by atoms with Crippen molar-refractivity contribution in [2.45, 2.75) is 38.4 Å². The Morgan fingerprint density at radius 3 is 2.59 bits per heavy atom. The van der Waals surface area contributed by atoms with Gasteiger partial charge in [0.05, 0.1) is 13.0 Å². The number of halogens is 1. The van der Waals surface area contributed by atoms with Crippen molar-refractivity contribution in [2.24, 2.45) is 0 Å². The van der Waals surface area contributed by atoms with Crippen LogP contribution in [-0.2, 0) is 29.1 Å². The highest BCUT2D eigenvalue weighted by Gasteiger charge is 2.38. The molecule has 1 saturated heterocycles. The Balaban J connectivity index is 1.37. The fourth-order valence-corrected chi connectivity index (χ4v) is 4.74. The lowest BCUT2D eigenvalue weighted by molar-refractivity contribution is -0.129. The molecule has 0 saturated carbocycles. The van der Waals surface area contributed by atoms with Crippen LogP contribution < -0.4 is 5.32 Å². The molecule has 1 fully saturated rings. The first-order valence-corrected chi connectivity index (χ1v) is 10.7. The number of hydrogen-bond donors (Lipinski definition) is 1. The SMILES string of the molecule is C=C1CCC(N2Cc3cc(CN4C(=O)Cc5ccc(Cl)cc5C4=O)ccc3C2=O)C(=O)N1. The topological polar surface area (TPSA) is 86.8 Å². The summed E-state index contributed by atoms with van der Waals surface area (Å²) in [7, 11) is 0. The summed E-state index contributed by atoms with van der Waals surface area (Å²) in [6, 6.07) is 9.71. The molecule has 162 valence electrons. The van der Waals surface area contributed by atoms with E-state index >= 15 is 0 Å². The molecule has 3 aliphatic rings. The quantitative estimate of drug-likeness (QED) is 0.730. The van der Waals surface area contributed by atoms with E-state index in [-0.39, 0.29) is 36.6 Å². The van der Waals surface area contributed by atoms with Crippen molar-refractivity contribution in [1.29, 1.82) is 0 Å². The molecule has 7 nitrogen and oxygen atoms in total. The third-order valence-corrected chi connectivity index (χ3v) is 6.47. The van der Waals surface area contributed by atoms with E-state index in [4.69, 9.17) is 11.6 Å². The second-order valence-electron chi connectivity index (χ2n) is 8.34. The first-order chi connectivity index (χ1) is 15.3. The van der Waals surface area contributed by atoms with Crippen LogP contribution in [0, 0.1) is 0 Å². The number of benzene rings is 2. The Morgan fingerprint density at radius 1 is 1.00 bits per heavy atom. The van der Waals surface area contributed by atoms with Gasteiger partial charge in [0, 0.05) is 28.4 Å². The number of piperidine rings is 1. The van der Waals surface area contributed by atoms with Gasteiger partial charge in [0.25, 0.3) is 11.8 Å². The maximum absolute atomic E-state index is 12.9. The fraction of sp³-hybridized carbons (Fsp3) is 0.250. The van der Waals surface area contributed by atoms with E-state index < -0.39 is 6.04 Å². The maximum Gasteiger partial charge on any atom is 0.261 e. The number of hydrogen-bond acceptors (Lipinski definition) is 4. The van der Waals surface area contributed by atoms with Gasteiger partial charge >= 0.3 is 0 Å². The van der Waals surface area contributed by atoms with E-state index in [9.17, 15) is 19.2 Å². The zero-order valence-electron chi connectivity index (χ0n) is 17.2. The highest BCUT2D eigenvalue weighted by atomic mass is 35.5. The minimum Gasteiger partial charge on any atom is -0.329 e. The number of nitrogens with one attached hydrogen (secondary N) is 1. The van der Waals surface area contributed by atoms with E-state index in [0.29, 0.717) is 46.8 Å². The Hall–Kier alpha value is -3.45. The highest BCUT2D eigenvalue weighted by molar-refractivity contribution is 6.31. The lowest BCUT2D eigenvalue weighted by atomic mass is 9.97. The number of imide groups is 1. The molecule has 0 bridgehead atoms. The molecule has 4 amide bonds. The van der Waals surface area contributed by atoms with Crippen LogP contribution in [0.4, 0.5) is 0 Å². The predicted octanol–water partition coefficient (Wildman–Crippen LogP) is 2.81. The Kier molecular flexibility index (Phi) is 4.86. The second kappa shape index (κ2) is 7.60. The highest BCUT2D eigenvalue weighted by Crippen LogP contribution is 2.30. The van der Waals surface area contributed by atoms with Gasteiger partial charge in [-0.1, -0.05) is 36.4 Å². The van der Waals surface area contributed by atoms with Gasteiger partial charge in [-0.05, 0) is 47.7 Å². The average molecular weight is 450 g/mol. The Bertz CT molecular complexity index is 1220. The molecule has 0 radical (unpaired) electrons. The molecule has 8 heteroatoms. The number of carbonyl (C=O) groups excluding carboxylic acids is 4. The smallest absolute Gasteiger partial charge is 0.261 e. The lowest BCUT2D eigenvalue weighted by Gasteiger charge is -2.30. The minimum atomic E-state index is -0.532. The largest absolute Gasteiger partial charge is 0.329 e. The maximum atomic E-state index is 12.9. The molecule has 1 unspecified atom stereocenters. The zero-order chi connectivity index (χ0) is 22.6. The van der Waals surface area contributed by atoms with E-state index in [1.54, 1.807) is 35.2 Å². The monoisotopic (exact) mass is 449 g/mol. The van der Waals surface area contributed by atoms with E-state index in [1.807, 2.05) is 6.07 Å². The Morgan fingerprint density at radius 2 is 1.81 bits per heavy atom. The normalized spacial score (nSPS) is 20.4. The summed E-state index contributed by atoms with van der Waals surface area (Å²) in [5, 5.41) is 3.17. The molecule has 1 atom stereocenters. The molecule has 0 aromatic heterocycles. The number of fused-ring (bicyclic) bond motifs is 2. The second-order valence-corrected chi connectivity index (χ2v) is 8.77. The van der Waals surface area contributed by atoms with Gasteiger partial charge in [0.1, 0.15) is 6.04 Å². The summed E-state index contributed by atoms with van der Waals surface area (Å²) in [5.74, 6) is -1.06. The van der Waals surface area contributed by atoms with Crippen LogP contribution in [-0.4, -0.2) is 39.5 Å². The van der Waals surface area contributed by atoms with Gasteiger partial charge < -0.3 is 10.2 Å². The number of carbonyl (C=O) groups is 4. The van der Waals surface area contributed by atoms with Crippen molar-refractivity contribution >= 4 is 35.2 Å². The van der Waals surface area contributed by atoms with Crippen LogP contribution in [0.25, 0.3) is 0 Å². The first-order valence-electron chi connectivity index (χ1n) is 10.4. The van der Waals surface area contributed by atoms with Gasteiger partial charge in [0.15, 0.2) is 0 Å². The third-order valence-electron chi connectivity index (χ3n) is 6.23. The summed E-state index contributed by atoms with van der Waals surface area (Å²) in [5.41, 5.74) is 3.83. The van der Waals surface area contributed by atoms with Crippen LogP contribution in [0.5, 0.6) is 0 Å². The van der Waals surface area contributed by atoms with Crippen LogP contribution >= 0.6 is 11.6 Å². The van der Waals surface area contributed by atoms with Crippen LogP contribution in [0.15, 0.2) is 48.7 Å². The summed E-state index contributed by atoms with van der Waals surface area (Å²) in [6.07, 6.45) is 1.31. The van der Waals surface area contributed by atoms with Gasteiger partial charge in [-0.15, -0.1) is 0 Å². The molecule has 32 heavy (non-hydrogen) atoms. The van der Waals surface area contributed by atoms with Crippen molar-refractivity contribution < 1.29 is 19.2 Å². The van der Waals surface area contributed by atoms with E-state index in [1.165, 1.54) is 4.90 Å². The number of rotatable bonds is 3. The summed E-state index contributed by atoms with van der Waals surface area (Å²) in [4.78, 5) is 53.6. The van der Waals surface area contributed by atoms with Crippen molar-refractivity contribution in [1.82, 2.24) is 15.1 Å². The average Bonchev–Trinajstić information content (AvgIpc) is 3.07. The van der Waals surface area contributed by atoms with Crippen molar-refractivity contribution in [3.05, 3.63) is 81.5 Å². The fourth-order valence-electron chi connectivity index (χ4n) is 4.57. The van der Waals surface area contributed by atoms with Crippen LogP contribution in [0.2, 0.25) is 5.02 Å². The molecule has 3 heterocycles. The number of allylic oxidation sites excluding steroid dienone is 1. The standard InChI is InChI=1S/C24H20ClN3O4/c1-13-2-7-20(22(30)26-13)27-12-16-8-14(3-6-18(16)23(27)31)11-28-21(29)9-15-4-5-17(25)10-19(15)24(28)32/h3-6,8,10,20H,1-2,7,9,11-12H2,(H,26,30). The third kappa shape index (κ3) is 3.39. The molecule has 5 rings (SSSR count). The minimum absolute atomic E-state index is 0.106. The van der Waals surface area contributed by atoms with Crippen molar-refractivity contribution in [3.8, 4) is 0 Å². The lowest BCUT2D eigenvalue weighted by Crippen LogP contribution is -2.49. The van der Waals surface area contributed by atoms with Crippen LogP contribution in [0.3, 0.4) is 0 Å². The van der Waals surface area contributed by atoms with Gasteiger partial charge in [-0.2, -0.15) is 0 Å². The van der Waals surface area contributed by atoms with E-state index in [2.05, 4.69) is 11.9 Å². The summed E-state index contributed by atoms with van der Waals surface area (Å²) in [6.45, 7) is 4.20. The molecular formula is C24H20ClN3O4. The number of amides is 4. The van der Waals surface area contributed by atoms with Gasteiger partial charge in [0.2, 0.25) is 11.8 Å². The zero-order valence-corrected chi connectivity index (χ0v) is 17.9. The Labute approximate surface area is 189 Å². The summed E-state index contributed by atoms with van der Waals surface area (Å²) < 4.78 is 0. The molecule has 1 N–H and O–H groups in total. The van der Waals surface area contributed by atoms with E-state index in [0.717, 1.165) is 11.1 Å². The molecule has 3 aliphatic heterocycles. The van der Waals surface area contributed by atoms with Crippen molar-refractivity contribution in [3.63, 3.8) is 0 Å². The van der Waals surface area contributed by atoms with Gasteiger partial charge in [-0.3, -0.25) is 24.1 Å².